The van der Waals surface area contributed by atoms with Gasteiger partial charge in [0.15, 0.2) is 0 Å². The van der Waals surface area contributed by atoms with Gasteiger partial charge in [-0.15, -0.1) is 39.5 Å². The third kappa shape index (κ3) is 31.1. The summed E-state index contributed by atoms with van der Waals surface area (Å²) in [4.78, 5) is 18.6. The summed E-state index contributed by atoms with van der Waals surface area (Å²) in [6.07, 6.45) is 15.4. The Morgan fingerprint density at radius 3 is 1.45 bits per heavy atom. The Bertz CT molecular complexity index is 1580. The average Bonchev–Trinajstić information content (AvgIpc) is 4.01. The Hall–Kier alpha value is -5.80. The predicted octanol–water partition coefficient (Wildman–Crippen LogP) is 14.2. The Morgan fingerprint density at radius 1 is 0.742 bits per heavy atom. The van der Waals surface area contributed by atoms with Crippen molar-refractivity contribution in [3.63, 3.8) is 0 Å². The molecule has 2 heterocycles. The second-order valence-electron chi connectivity index (χ2n) is 12.4. The molecule has 0 unspecified atom stereocenters. The minimum atomic E-state index is 0. The van der Waals surface area contributed by atoms with Gasteiger partial charge in [-0.2, -0.15) is 0 Å². The maximum absolute atomic E-state index is 7.00. The largest absolute Gasteiger partial charge is 0.405 e. The SMILES string of the molecule is C.C=C.C=C.C=C.C=C(CCC)N(Cc1ncc(-c2ccc(-c3ccc(-c4cnc(CCCC)[nH]4)cc3)cc2)[nH]1)[C@@H](C)CC.C=C(N)CC.C=CN.C=CNCCC.CC.CO. The molecule has 350 valence electrons. The molecule has 9 nitrogen and oxygen atoms in total. The van der Waals surface area contributed by atoms with Gasteiger partial charge in [0, 0.05) is 37.5 Å². The van der Waals surface area contributed by atoms with Gasteiger partial charge in [0.2, 0.25) is 0 Å². The number of benzene rings is 2. The second kappa shape index (κ2) is 49.6. The highest BCUT2D eigenvalue weighted by Crippen LogP contribution is 2.27. The summed E-state index contributed by atoms with van der Waals surface area (Å²) in [7, 11) is 1.00. The molecule has 0 bridgehead atoms. The van der Waals surface area contributed by atoms with E-state index in [2.05, 4.69) is 185 Å². The van der Waals surface area contributed by atoms with Crippen LogP contribution < -0.4 is 16.8 Å². The standard InChI is InChI=1S/C32H41N5.C5H11N.C4H9N.C2H5N.C2H6.3C2H4.CH4O.CH4/c1-6-9-11-31-33-20-29(35-31)27-16-12-25(13-17-27)26-14-18-28(19-15-26)30-21-34-32(36-30)22-37(23(4)8-3)24(5)10-7-2;1-3-5-6-4-2;1-3-4(2)5;1-2-3;5*1-2;/h12-21,23H,5-11,22H2,1-4H3,(H,33,35)(H,34,36);4,6H,2-3,5H2,1H3;2-3,5H2,1H3;2H,1,3H2;1-2H3;3*1-2H2;2H,1H3;1H4/t23-;;;;;;;;;/m0........./s1. The minimum Gasteiger partial charge on any atom is -0.405 e. The molecule has 0 spiro atoms. The Morgan fingerprint density at radius 2 is 1.13 bits per heavy atom. The zero-order valence-electron chi connectivity index (χ0n) is 40.1. The number of aryl methyl sites for hydroxylation is 1. The van der Waals surface area contributed by atoms with E-state index in [-0.39, 0.29) is 7.43 Å². The van der Waals surface area contributed by atoms with Crippen LogP contribution in [0.3, 0.4) is 0 Å². The van der Waals surface area contributed by atoms with Gasteiger partial charge in [-0.1, -0.05) is 144 Å². The minimum absolute atomic E-state index is 0. The third-order valence-electron chi connectivity index (χ3n) is 8.13. The second-order valence-corrected chi connectivity index (χ2v) is 12.4. The molecule has 2 aromatic carbocycles. The number of imidazole rings is 2. The first-order valence-electron chi connectivity index (χ1n) is 21.4. The Kier molecular flexibility index (Phi) is 54.3. The Labute approximate surface area is 381 Å². The molecule has 8 N–H and O–H groups in total. The topological polar surface area (TPSA) is 145 Å². The molecule has 62 heavy (non-hydrogen) atoms. The lowest BCUT2D eigenvalue weighted by atomic mass is 10.0. The van der Waals surface area contributed by atoms with Crippen LogP contribution in [0.5, 0.6) is 0 Å². The zero-order chi connectivity index (χ0) is 48.0. The summed E-state index contributed by atoms with van der Waals surface area (Å²) in [6.45, 7) is 51.2. The van der Waals surface area contributed by atoms with E-state index in [0.717, 1.165) is 98.6 Å². The Balaban J connectivity index is -0.000000263. The summed E-state index contributed by atoms with van der Waals surface area (Å²) in [5, 5.41) is 9.96. The number of aromatic amines is 2. The molecule has 0 aliphatic heterocycles. The molecule has 4 aromatic rings. The molecular weight excluding hydrogens is 765 g/mol. The van der Waals surface area contributed by atoms with E-state index in [1.165, 1.54) is 35.9 Å². The van der Waals surface area contributed by atoms with Crippen molar-refractivity contribution >= 4 is 0 Å². The number of hydrogen-bond donors (Lipinski definition) is 6. The molecule has 0 amide bonds. The van der Waals surface area contributed by atoms with Crippen LogP contribution in [-0.2, 0) is 13.0 Å². The average molecular weight is 857 g/mol. The van der Waals surface area contributed by atoms with Crippen molar-refractivity contribution in [1.29, 1.82) is 0 Å². The molecule has 0 aliphatic carbocycles. The molecule has 1 atom stereocenters. The maximum atomic E-state index is 7.00. The number of rotatable bonds is 17. The van der Waals surface area contributed by atoms with Gasteiger partial charge in [-0.05, 0) is 73.7 Å². The molecule has 2 aromatic heterocycles. The van der Waals surface area contributed by atoms with Crippen molar-refractivity contribution in [2.45, 2.75) is 127 Å². The molecular formula is C53H92N8O. The lowest BCUT2D eigenvalue weighted by molar-refractivity contribution is 0.240. The van der Waals surface area contributed by atoms with Crippen molar-refractivity contribution in [3.05, 3.63) is 162 Å². The number of H-pyrrole nitrogens is 2. The molecule has 0 saturated carbocycles. The number of aliphatic hydroxyl groups excluding tert-OH is 1. The zero-order valence-corrected chi connectivity index (χ0v) is 40.1. The first kappa shape index (κ1) is 68.0. The van der Waals surface area contributed by atoms with Crippen molar-refractivity contribution in [1.82, 2.24) is 30.2 Å². The van der Waals surface area contributed by atoms with Gasteiger partial charge in [0.05, 0.1) is 30.3 Å². The van der Waals surface area contributed by atoms with Crippen LogP contribution in [0.15, 0.2) is 151 Å². The fraction of sp³-hybridized carbons (Fsp3) is 0.396. The van der Waals surface area contributed by atoms with E-state index >= 15 is 0 Å². The summed E-state index contributed by atoms with van der Waals surface area (Å²) in [6, 6.07) is 17.8. The maximum Gasteiger partial charge on any atom is 0.126 e. The van der Waals surface area contributed by atoms with Crippen LogP contribution in [0.1, 0.15) is 119 Å². The number of nitrogens with two attached hydrogens (primary N) is 2. The summed E-state index contributed by atoms with van der Waals surface area (Å²) >= 11 is 0. The van der Waals surface area contributed by atoms with E-state index in [9.17, 15) is 0 Å². The third-order valence-corrected chi connectivity index (χ3v) is 8.13. The van der Waals surface area contributed by atoms with Crippen molar-refractivity contribution in [2.24, 2.45) is 11.5 Å². The molecule has 0 saturated heterocycles. The van der Waals surface area contributed by atoms with Crippen LogP contribution in [0.25, 0.3) is 33.6 Å². The fourth-order valence-electron chi connectivity index (χ4n) is 4.89. The van der Waals surface area contributed by atoms with Gasteiger partial charge in [-0.25, -0.2) is 9.97 Å². The van der Waals surface area contributed by atoms with E-state index in [1.54, 1.807) is 6.20 Å². The van der Waals surface area contributed by atoms with Crippen LogP contribution in [0.2, 0.25) is 0 Å². The molecule has 9 heteroatoms. The number of allylic oxidation sites excluding steroid dienone is 2. The van der Waals surface area contributed by atoms with Crippen molar-refractivity contribution < 1.29 is 5.11 Å². The van der Waals surface area contributed by atoms with Gasteiger partial charge < -0.3 is 36.8 Å². The first-order valence-corrected chi connectivity index (χ1v) is 21.4. The fourth-order valence-corrected chi connectivity index (χ4v) is 4.89. The van der Waals surface area contributed by atoms with Gasteiger partial charge >= 0.3 is 0 Å². The lowest BCUT2D eigenvalue weighted by Crippen LogP contribution is -2.31. The van der Waals surface area contributed by atoms with E-state index in [4.69, 9.17) is 10.8 Å². The first-order chi connectivity index (χ1) is 29.6. The van der Waals surface area contributed by atoms with Gasteiger partial charge in [-0.3, -0.25) is 0 Å². The highest BCUT2D eigenvalue weighted by Gasteiger charge is 2.16. The van der Waals surface area contributed by atoms with E-state index in [0.29, 0.717) is 6.04 Å². The number of hydrogen-bond acceptors (Lipinski definition) is 7. The number of nitrogens with zero attached hydrogens (tertiary/aromatic N) is 3. The smallest absolute Gasteiger partial charge is 0.126 e. The summed E-state index contributed by atoms with van der Waals surface area (Å²) in [5.74, 6) is 2.04. The van der Waals surface area contributed by atoms with E-state index < -0.39 is 0 Å². The molecule has 0 aliphatic rings. The van der Waals surface area contributed by atoms with Crippen LogP contribution in [-0.4, -0.2) is 49.6 Å². The number of aliphatic hydroxyl groups is 1. The highest BCUT2D eigenvalue weighted by atomic mass is 16.2. The monoisotopic (exact) mass is 857 g/mol. The van der Waals surface area contributed by atoms with E-state index in [1.807, 2.05) is 33.2 Å². The number of nitrogens with one attached hydrogen (secondary N) is 3. The molecule has 0 radical (unpaired) electrons. The summed E-state index contributed by atoms with van der Waals surface area (Å²) in [5.41, 5.74) is 18.5. The van der Waals surface area contributed by atoms with Crippen LogP contribution >= 0.6 is 0 Å². The normalized spacial score (nSPS) is 9.06. The molecule has 0 fully saturated rings. The van der Waals surface area contributed by atoms with Crippen LogP contribution in [0.4, 0.5) is 0 Å². The van der Waals surface area contributed by atoms with Crippen LogP contribution in [0, 0.1) is 0 Å². The number of unbranched alkanes of at least 4 members (excludes halogenated alkanes) is 1. The predicted molar refractivity (Wildman–Crippen MR) is 281 cm³/mol. The lowest BCUT2D eigenvalue weighted by Gasteiger charge is -2.31. The number of aromatic nitrogens is 4. The molecule has 4 rings (SSSR count). The van der Waals surface area contributed by atoms with Gasteiger partial charge in [0.1, 0.15) is 11.6 Å². The van der Waals surface area contributed by atoms with Crippen molar-refractivity contribution in [2.75, 3.05) is 13.7 Å². The van der Waals surface area contributed by atoms with Gasteiger partial charge in [0.25, 0.3) is 0 Å². The summed E-state index contributed by atoms with van der Waals surface area (Å²) < 4.78 is 0. The highest BCUT2D eigenvalue weighted by molar-refractivity contribution is 5.71. The van der Waals surface area contributed by atoms with Crippen molar-refractivity contribution in [3.8, 4) is 33.6 Å². The quantitative estimate of drug-likeness (QED) is 0.0458.